The number of aliphatic carboxylic acids is 2. The number of ether oxygens (including phenoxy) is 1. The van der Waals surface area contributed by atoms with Gasteiger partial charge in [-0.2, -0.15) is 31.4 Å². The lowest BCUT2D eigenvalue weighted by atomic mass is 10.0. The molecule has 0 amide bonds. The molecule has 196 valence electrons. The first kappa shape index (κ1) is 29.6. The van der Waals surface area contributed by atoms with Crippen molar-refractivity contribution in [1.29, 1.82) is 0 Å². The largest absolute Gasteiger partial charge is 0.490 e. The van der Waals surface area contributed by atoms with E-state index in [2.05, 4.69) is 39.7 Å². The van der Waals surface area contributed by atoms with Crippen molar-refractivity contribution in [3.8, 4) is 0 Å². The highest BCUT2D eigenvalue weighted by molar-refractivity contribution is 5.73. The molecule has 1 unspecified atom stereocenters. The van der Waals surface area contributed by atoms with E-state index in [0.29, 0.717) is 12.0 Å². The number of carboxylic acid groups (broad SMARTS) is 2. The molecular weight excluding hydrogens is 478 g/mol. The Balaban J connectivity index is 0.000000343. The molecule has 0 radical (unpaired) electrons. The van der Waals surface area contributed by atoms with Crippen LogP contribution in [0.3, 0.4) is 0 Å². The van der Waals surface area contributed by atoms with Crippen LogP contribution in [0.5, 0.6) is 0 Å². The highest BCUT2D eigenvalue weighted by Gasteiger charge is 2.39. The van der Waals surface area contributed by atoms with Crippen LogP contribution in [0.4, 0.5) is 26.3 Å². The van der Waals surface area contributed by atoms with Crippen molar-refractivity contribution in [2.75, 3.05) is 40.4 Å². The van der Waals surface area contributed by atoms with Gasteiger partial charge < -0.3 is 19.8 Å². The number of rotatable bonds is 3. The van der Waals surface area contributed by atoms with E-state index in [4.69, 9.17) is 24.5 Å². The molecule has 0 spiro atoms. The smallest absolute Gasteiger partial charge is 0.475 e. The molecule has 15 heteroatoms. The maximum Gasteiger partial charge on any atom is 0.490 e. The fraction of sp³-hybridized carbons (Fsp3) is 0.737. The molecule has 1 saturated heterocycles. The van der Waals surface area contributed by atoms with Gasteiger partial charge in [0.05, 0.1) is 5.69 Å². The van der Waals surface area contributed by atoms with E-state index in [9.17, 15) is 26.3 Å². The number of alkyl halides is 6. The predicted molar refractivity (Wildman–Crippen MR) is 106 cm³/mol. The first-order valence-corrected chi connectivity index (χ1v) is 10.2. The van der Waals surface area contributed by atoms with Crippen LogP contribution in [-0.4, -0.2) is 101 Å². The van der Waals surface area contributed by atoms with Crippen molar-refractivity contribution in [2.24, 2.45) is 5.92 Å². The quantitative estimate of drug-likeness (QED) is 0.602. The molecule has 1 fully saturated rings. The number of halogens is 6. The number of carboxylic acids is 2. The second-order valence-electron chi connectivity index (χ2n) is 8.01. The highest BCUT2D eigenvalue weighted by Crippen LogP contribution is 2.23. The normalized spacial score (nSPS) is 19.7. The van der Waals surface area contributed by atoms with Gasteiger partial charge in [0.25, 0.3) is 0 Å². The van der Waals surface area contributed by atoms with E-state index in [1.165, 1.54) is 25.1 Å². The molecule has 3 heterocycles. The zero-order valence-electron chi connectivity index (χ0n) is 18.6. The molecule has 2 N–H and O–H groups in total. The SMILES string of the molecule is CN(C)CC1CN(C2CCOCC2)Cc2ccnn2C1.O=C(O)C(F)(F)F.O=C(O)C(F)(F)F. The van der Waals surface area contributed by atoms with Gasteiger partial charge in [0.15, 0.2) is 0 Å². The summed E-state index contributed by atoms with van der Waals surface area (Å²) in [5.41, 5.74) is 1.36. The van der Waals surface area contributed by atoms with Crippen molar-refractivity contribution in [1.82, 2.24) is 19.6 Å². The van der Waals surface area contributed by atoms with Crippen LogP contribution in [0.2, 0.25) is 0 Å². The van der Waals surface area contributed by atoms with Gasteiger partial charge in [-0.15, -0.1) is 0 Å². The molecule has 0 saturated carbocycles. The molecule has 1 aromatic heterocycles. The molecule has 3 rings (SSSR count). The van der Waals surface area contributed by atoms with Gasteiger partial charge >= 0.3 is 24.3 Å². The van der Waals surface area contributed by atoms with E-state index in [1.807, 2.05) is 6.20 Å². The van der Waals surface area contributed by atoms with E-state index in [-0.39, 0.29) is 0 Å². The van der Waals surface area contributed by atoms with E-state index in [0.717, 1.165) is 32.8 Å². The first-order chi connectivity index (χ1) is 15.6. The predicted octanol–water partition coefficient (Wildman–Crippen LogP) is 2.32. The molecule has 34 heavy (non-hydrogen) atoms. The third-order valence-electron chi connectivity index (χ3n) is 4.91. The molecule has 0 bridgehead atoms. The van der Waals surface area contributed by atoms with E-state index in [1.54, 1.807) is 0 Å². The van der Waals surface area contributed by atoms with Gasteiger partial charge in [-0.25, -0.2) is 9.59 Å². The Kier molecular flexibility index (Phi) is 11.2. The summed E-state index contributed by atoms with van der Waals surface area (Å²) >= 11 is 0. The van der Waals surface area contributed by atoms with Crippen molar-refractivity contribution in [2.45, 2.75) is 44.3 Å². The molecule has 2 aliphatic heterocycles. The van der Waals surface area contributed by atoms with E-state index < -0.39 is 24.3 Å². The van der Waals surface area contributed by atoms with Crippen molar-refractivity contribution in [3.63, 3.8) is 0 Å². The molecule has 2 aliphatic rings. The van der Waals surface area contributed by atoms with Crippen LogP contribution in [0.25, 0.3) is 0 Å². The van der Waals surface area contributed by atoms with E-state index >= 15 is 0 Å². The maximum atomic E-state index is 10.6. The lowest BCUT2D eigenvalue weighted by Crippen LogP contribution is -2.42. The average Bonchev–Trinajstić information content (AvgIpc) is 3.06. The van der Waals surface area contributed by atoms with Crippen LogP contribution in [0.1, 0.15) is 18.5 Å². The summed E-state index contributed by atoms with van der Waals surface area (Å²) in [6.07, 6.45) is -5.89. The Morgan fingerprint density at radius 1 is 1.06 bits per heavy atom. The highest BCUT2D eigenvalue weighted by atomic mass is 19.4. The summed E-state index contributed by atoms with van der Waals surface area (Å²) in [4.78, 5) is 22.7. The molecule has 0 aliphatic carbocycles. The number of carbonyl (C=O) groups is 2. The van der Waals surface area contributed by atoms with Crippen LogP contribution >= 0.6 is 0 Å². The number of nitrogens with zero attached hydrogens (tertiary/aromatic N) is 4. The zero-order chi connectivity index (χ0) is 26.1. The maximum absolute atomic E-state index is 10.6. The topological polar surface area (TPSA) is 108 Å². The standard InChI is InChI=1S/C15H26N4O.2C2HF3O2/c1-17(2)9-13-10-18(14-4-7-20-8-5-14)12-15-3-6-16-19(15)11-13;2*3-2(4,5)1(6)7/h3,6,13-14H,4-5,7-12H2,1-2H3;2*(H,6,7). The minimum absolute atomic E-state index is 0.647. The Bertz CT molecular complexity index is 754. The molecule has 1 aromatic rings. The second-order valence-corrected chi connectivity index (χ2v) is 8.01. The van der Waals surface area contributed by atoms with Crippen LogP contribution in [-0.2, 0) is 27.4 Å². The number of aromatic nitrogens is 2. The van der Waals surface area contributed by atoms with Gasteiger partial charge in [-0.3, -0.25) is 9.58 Å². The summed E-state index contributed by atoms with van der Waals surface area (Å²) in [5.74, 6) is -4.87. The van der Waals surface area contributed by atoms with Gasteiger partial charge in [-0.05, 0) is 33.0 Å². The lowest BCUT2D eigenvalue weighted by molar-refractivity contribution is -0.193. The third kappa shape index (κ3) is 10.7. The number of fused-ring (bicyclic) bond motifs is 1. The Morgan fingerprint density at radius 2 is 1.56 bits per heavy atom. The van der Waals surface area contributed by atoms with Crippen molar-refractivity contribution < 1.29 is 50.9 Å². The fourth-order valence-corrected chi connectivity index (χ4v) is 3.53. The van der Waals surface area contributed by atoms with Gasteiger partial charge in [0.2, 0.25) is 0 Å². The number of hydrogen-bond donors (Lipinski definition) is 2. The number of hydrogen-bond acceptors (Lipinski definition) is 6. The van der Waals surface area contributed by atoms with Crippen LogP contribution in [0, 0.1) is 5.92 Å². The molecule has 0 aromatic carbocycles. The molecular formula is C19H28F6N4O5. The summed E-state index contributed by atoms with van der Waals surface area (Å²) in [5, 5.41) is 18.8. The second kappa shape index (κ2) is 12.9. The van der Waals surface area contributed by atoms with Gasteiger partial charge in [0.1, 0.15) is 0 Å². The summed E-state index contributed by atoms with van der Waals surface area (Å²) in [6, 6.07) is 2.85. The monoisotopic (exact) mass is 506 g/mol. The zero-order valence-corrected chi connectivity index (χ0v) is 18.6. The minimum atomic E-state index is -5.08. The van der Waals surface area contributed by atoms with Gasteiger partial charge in [0, 0.05) is 57.5 Å². The Labute approximate surface area is 191 Å². The van der Waals surface area contributed by atoms with Crippen LogP contribution < -0.4 is 0 Å². The van der Waals surface area contributed by atoms with Crippen molar-refractivity contribution >= 4 is 11.9 Å². The fourth-order valence-electron chi connectivity index (χ4n) is 3.53. The Morgan fingerprint density at radius 3 is 2.00 bits per heavy atom. The lowest BCUT2D eigenvalue weighted by Gasteiger charge is -2.35. The Hall–Kier alpha value is -2.39. The molecule has 9 nitrogen and oxygen atoms in total. The van der Waals surface area contributed by atoms with Crippen LogP contribution in [0.15, 0.2) is 12.3 Å². The minimum Gasteiger partial charge on any atom is -0.475 e. The first-order valence-electron chi connectivity index (χ1n) is 10.2. The summed E-state index contributed by atoms with van der Waals surface area (Å²) in [6.45, 7) is 6.21. The average molecular weight is 506 g/mol. The van der Waals surface area contributed by atoms with Gasteiger partial charge in [-0.1, -0.05) is 0 Å². The summed E-state index contributed by atoms with van der Waals surface area (Å²) in [7, 11) is 4.32. The van der Waals surface area contributed by atoms with Crippen molar-refractivity contribution in [3.05, 3.63) is 18.0 Å². The third-order valence-corrected chi connectivity index (χ3v) is 4.91. The summed E-state index contributed by atoms with van der Waals surface area (Å²) < 4.78 is 71.2. The molecule has 1 atom stereocenters.